The Balaban J connectivity index is 0.000000184. The number of nitrogens with zero attached hydrogens (tertiary/aromatic N) is 3. The van der Waals surface area contributed by atoms with E-state index in [0.29, 0.717) is 0 Å². The van der Waals surface area contributed by atoms with E-state index in [4.69, 9.17) is 5.11 Å². The standard InChI is InChI=1S/C36H24N2.C13H8NS.C5H10O2.Ir/c1-5-13-33-29(9-1)30-10-2-6-14-34(30)37(33)27-21-17-25(18-22-27)26-19-23-28(24-20-26)38-35-15-7-3-11-31(35)32-12-4-8-16-36(32)38;1-2-7-12-10(5-1)9-13(15-12)11-6-3-4-8-14-11;1-4(6)3-5(2)7;/h1-24H;1-8H;4,6H,3H2,1-2H3;/q;-1;;. The Kier molecular flexibility index (Phi) is 12.5. The summed E-state index contributed by atoms with van der Waals surface area (Å²) in [5, 5.41) is 14.8. The van der Waals surface area contributed by atoms with Crippen molar-refractivity contribution in [3.63, 3.8) is 0 Å². The van der Waals surface area contributed by atoms with E-state index < -0.39 is 6.10 Å². The predicted octanol–water partition coefficient (Wildman–Crippen LogP) is 13.7. The van der Waals surface area contributed by atoms with Gasteiger partial charge in [0.15, 0.2) is 0 Å². The van der Waals surface area contributed by atoms with Crippen LogP contribution in [0.4, 0.5) is 0 Å². The fourth-order valence-corrected chi connectivity index (χ4v) is 8.94. The van der Waals surface area contributed by atoms with Crippen molar-refractivity contribution < 1.29 is 30.0 Å². The number of aliphatic hydroxyl groups excluding tert-OH is 1. The molecule has 301 valence electrons. The molecule has 11 rings (SSSR count). The Bertz CT molecular complexity index is 2940. The van der Waals surface area contributed by atoms with Gasteiger partial charge in [-0.1, -0.05) is 121 Å². The Hall–Kier alpha value is -6.47. The molecule has 0 fully saturated rings. The molecule has 1 radical (unpaired) electrons. The number of hydrogen-bond donors (Lipinski definition) is 1. The average molecular weight is 989 g/mol. The van der Waals surface area contributed by atoms with Gasteiger partial charge in [-0.05, 0) is 89.1 Å². The summed E-state index contributed by atoms with van der Waals surface area (Å²) in [4.78, 5) is 15.5. The molecule has 11 aromatic rings. The number of Topliss-reactive ketones (excluding diaryl/α,β-unsaturated/α-hetero) is 1. The quantitative estimate of drug-likeness (QED) is 0.169. The molecule has 4 aromatic heterocycles. The summed E-state index contributed by atoms with van der Waals surface area (Å²) >= 11 is 1.73. The van der Waals surface area contributed by atoms with Gasteiger partial charge >= 0.3 is 0 Å². The maximum atomic E-state index is 10.1. The van der Waals surface area contributed by atoms with Crippen molar-refractivity contribution in [2.75, 3.05) is 0 Å². The normalized spacial score (nSPS) is 11.5. The maximum Gasteiger partial charge on any atom is 0.132 e. The first kappa shape index (κ1) is 41.3. The molecule has 0 saturated heterocycles. The Labute approximate surface area is 372 Å². The third-order valence-electron chi connectivity index (χ3n) is 10.6. The monoisotopic (exact) mass is 989 g/mol. The minimum Gasteiger partial charge on any atom is -0.393 e. The second-order valence-electron chi connectivity index (χ2n) is 14.9. The van der Waals surface area contributed by atoms with Crippen LogP contribution in [0.3, 0.4) is 0 Å². The number of thiophene rings is 1. The summed E-state index contributed by atoms with van der Waals surface area (Å²) in [6.45, 7) is 3.06. The maximum absolute atomic E-state index is 10.1. The van der Waals surface area contributed by atoms with Gasteiger partial charge in [0, 0.05) is 71.3 Å². The first-order chi connectivity index (χ1) is 29.4. The molecular weight excluding hydrogens is 947 g/mol. The zero-order chi connectivity index (χ0) is 41.0. The van der Waals surface area contributed by atoms with Crippen LogP contribution in [0, 0.1) is 6.07 Å². The number of aliphatic hydroxyl groups is 1. The number of rotatable bonds is 6. The van der Waals surface area contributed by atoms with E-state index >= 15 is 0 Å². The number of carbonyl (C=O) groups is 1. The molecule has 4 heterocycles. The van der Waals surface area contributed by atoms with Gasteiger partial charge in [-0.2, -0.15) is 0 Å². The SMILES string of the molecule is CC(=O)CC(C)O.[Ir].[c-]1c(-c2ccccn2)sc2ccccc12.c1ccc2c(c1)c1ccccc1n2-c1ccc(-c2ccc(-n3c4ccccc4c4ccccc43)cc2)cc1. The smallest absolute Gasteiger partial charge is 0.132 e. The van der Waals surface area contributed by atoms with Crippen LogP contribution in [0.15, 0.2) is 194 Å². The molecule has 61 heavy (non-hydrogen) atoms. The van der Waals surface area contributed by atoms with E-state index in [9.17, 15) is 4.79 Å². The van der Waals surface area contributed by atoms with Gasteiger partial charge < -0.3 is 19.2 Å². The van der Waals surface area contributed by atoms with Gasteiger partial charge in [0.2, 0.25) is 0 Å². The second kappa shape index (κ2) is 18.4. The van der Waals surface area contributed by atoms with Crippen molar-refractivity contribution in [1.82, 2.24) is 14.1 Å². The molecule has 0 aliphatic rings. The van der Waals surface area contributed by atoms with Crippen LogP contribution in [0.2, 0.25) is 0 Å². The number of benzene rings is 7. The molecule has 1 unspecified atom stereocenters. The number of pyridine rings is 1. The van der Waals surface area contributed by atoms with E-state index in [1.807, 2.05) is 30.5 Å². The molecule has 5 nitrogen and oxygen atoms in total. The van der Waals surface area contributed by atoms with E-state index in [0.717, 1.165) is 10.6 Å². The van der Waals surface area contributed by atoms with Crippen LogP contribution in [-0.4, -0.2) is 31.1 Å². The summed E-state index contributed by atoms with van der Waals surface area (Å²) in [7, 11) is 0. The topological polar surface area (TPSA) is 60.0 Å². The second-order valence-corrected chi connectivity index (χ2v) is 15.9. The Morgan fingerprint density at radius 1 is 0.574 bits per heavy atom. The minimum absolute atomic E-state index is 0. The summed E-state index contributed by atoms with van der Waals surface area (Å²) < 4.78 is 5.98. The number of para-hydroxylation sites is 4. The largest absolute Gasteiger partial charge is 0.393 e. The summed E-state index contributed by atoms with van der Waals surface area (Å²) in [6, 6.07) is 70.0. The van der Waals surface area contributed by atoms with Crippen molar-refractivity contribution in [2.24, 2.45) is 0 Å². The molecule has 7 aromatic carbocycles. The van der Waals surface area contributed by atoms with Crippen LogP contribution in [0.5, 0.6) is 0 Å². The van der Waals surface area contributed by atoms with E-state index in [1.54, 1.807) is 18.3 Å². The first-order valence-corrected chi connectivity index (χ1v) is 20.9. The predicted molar refractivity (Wildman–Crippen MR) is 251 cm³/mol. The molecule has 7 heteroatoms. The number of hydrogen-bond acceptors (Lipinski definition) is 4. The van der Waals surface area contributed by atoms with Crippen LogP contribution in [-0.2, 0) is 24.9 Å². The van der Waals surface area contributed by atoms with E-state index in [-0.39, 0.29) is 32.3 Å². The van der Waals surface area contributed by atoms with Gasteiger partial charge in [-0.3, -0.25) is 4.79 Å². The number of fused-ring (bicyclic) bond motifs is 7. The third-order valence-corrected chi connectivity index (χ3v) is 11.7. The molecular formula is C54H42IrN3O2S-. The Morgan fingerprint density at radius 3 is 1.36 bits per heavy atom. The molecule has 0 amide bonds. The van der Waals surface area contributed by atoms with E-state index in [2.05, 4.69) is 184 Å². The summed E-state index contributed by atoms with van der Waals surface area (Å²) in [5.41, 5.74) is 10.7. The summed E-state index contributed by atoms with van der Waals surface area (Å²) in [5.74, 6) is 0.0370. The number of carbonyl (C=O) groups excluding carboxylic acids is 1. The molecule has 1 N–H and O–H groups in total. The fraction of sp³-hybridized carbons (Fsp3) is 0.0741. The van der Waals surface area contributed by atoms with Gasteiger partial charge in [-0.25, -0.2) is 11.3 Å². The van der Waals surface area contributed by atoms with Crippen LogP contribution < -0.4 is 0 Å². The van der Waals surface area contributed by atoms with Crippen molar-refractivity contribution in [1.29, 1.82) is 0 Å². The van der Waals surface area contributed by atoms with Gasteiger partial charge in [0.05, 0.1) is 28.2 Å². The van der Waals surface area contributed by atoms with Crippen LogP contribution in [0.1, 0.15) is 20.3 Å². The number of ketones is 1. The minimum atomic E-state index is -0.475. The first-order valence-electron chi connectivity index (χ1n) is 20.1. The van der Waals surface area contributed by atoms with Crippen LogP contribution in [0.25, 0.3) is 86.8 Å². The van der Waals surface area contributed by atoms with Crippen LogP contribution >= 0.6 is 11.3 Å². The molecule has 0 spiro atoms. The Morgan fingerprint density at radius 2 is 0.984 bits per heavy atom. The molecule has 1 atom stereocenters. The zero-order valence-corrected chi connectivity index (χ0v) is 36.9. The van der Waals surface area contributed by atoms with Crippen molar-refractivity contribution >= 4 is 70.8 Å². The van der Waals surface area contributed by atoms with Crippen molar-refractivity contribution in [3.05, 3.63) is 200 Å². The number of aromatic nitrogens is 3. The van der Waals surface area contributed by atoms with Crippen molar-refractivity contribution in [3.8, 4) is 33.1 Å². The fourth-order valence-electron chi connectivity index (χ4n) is 7.95. The van der Waals surface area contributed by atoms with Gasteiger partial charge in [0.25, 0.3) is 0 Å². The average Bonchev–Trinajstić information content (AvgIpc) is 3.98. The molecule has 0 bridgehead atoms. The summed E-state index contributed by atoms with van der Waals surface area (Å²) in [6.07, 6.45) is 1.62. The van der Waals surface area contributed by atoms with Crippen molar-refractivity contribution in [2.45, 2.75) is 26.4 Å². The zero-order valence-electron chi connectivity index (χ0n) is 33.7. The van der Waals surface area contributed by atoms with Gasteiger partial charge in [-0.15, -0.1) is 23.6 Å². The molecule has 0 aliphatic carbocycles. The third kappa shape index (κ3) is 8.60. The van der Waals surface area contributed by atoms with E-state index in [1.165, 1.54) is 83.1 Å². The molecule has 0 aliphatic heterocycles. The molecule has 0 saturated carbocycles. The van der Waals surface area contributed by atoms with Gasteiger partial charge in [0.1, 0.15) is 5.78 Å².